The number of imide groups is 1. The van der Waals surface area contributed by atoms with Gasteiger partial charge in [0.25, 0.3) is 5.91 Å². The lowest BCUT2D eigenvalue weighted by Gasteiger charge is -2.23. The van der Waals surface area contributed by atoms with E-state index in [1.54, 1.807) is 0 Å². The number of hydrogen-bond acceptors (Lipinski definition) is 3. The Morgan fingerprint density at radius 1 is 1.30 bits per heavy atom. The number of nitrogens with zero attached hydrogens (tertiary/aromatic N) is 1. The maximum Gasteiger partial charge on any atom is 0.416 e. The zero-order valence-electron chi connectivity index (χ0n) is 14.7. The first-order valence-electron chi connectivity index (χ1n) is 8.72. The van der Waals surface area contributed by atoms with Crippen molar-refractivity contribution in [1.29, 1.82) is 0 Å². The normalized spacial score (nSPS) is 23.6. The molecule has 1 unspecified atom stereocenters. The summed E-state index contributed by atoms with van der Waals surface area (Å²) in [6.45, 7) is 0.868. The first kappa shape index (κ1) is 19.2. The van der Waals surface area contributed by atoms with Gasteiger partial charge < -0.3 is 10.6 Å². The van der Waals surface area contributed by atoms with E-state index in [4.69, 9.17) is 0 Å². The van der Waals surface area contributed by atoms with Gasteiger partial charge in [-0.2, -0.15) is 13.2 Å². The van der Waals surface area contributed by atoms with Crippen LogP contribution in [0.1, 0.15) is 43.7 Å². The Bertz CT molecular complexity index is 775. The summed E-state index contributed by atoms with van der Waals surface area (Å²) in [5.74, 6) is -1.22. The van der Waals surface area contributed by atoms with Gasteiger partial charge in [0.2, 0.25) is 5.91 Å². The van der Waals surface area contributed by atoms with Crippen molar-refractivity contribution in [3.05, 3.63) is 35.4 Å². The molecule has 1 aliphatic carbocycles. The van der Waals surface area contributed by atoms with Gasteiger partial charge in [0.15, 0.2) is 0 Å². The van der Waals surface area contributed by atoms with E-state index in [1.807, 2.05) is 0 Å². The molecule has 6 nitrogen and oxygen atoms in total. The van der Waals surface area contributed by atoms with Gasteiger partial charge in [-0.25, -0.2) is 4.79 Å². The molecule has 0 aromatic heterocycles. The second kappa shape index (κ2) is 6.86. The van der Waals surface area contributed by atoms with Gasteiger partial charge in [-0.15, -0.1) is 0 Å². The quantitative estimate of drug-likeness (QED) is 0.785. The average molecular weight is 383 g/mol. The predicted molar refractivity (Wildman–Crippen MR) is 89.4 cm³/mol. The van der Waals surface area contributed by atoms with E-state index in [2.05, 4.69) is 10.6 Å². The van der Waals surface area contributed by atoms with Gasteiger partial charge in [-0.3, -0.25) is 14.5 Å². The van der Waals surface area contributed by atoms with Crippen LogP contribution in [-0.2, 0) is 21.3 Å². The van der Waals surface area contributed by atoms with Crippen LogP contribution in [0, 0.1) is 0 Å². The molecule has 1 aromatic rings. The van der Waals surface area contributed by atoms with Crippen molar-refractivity contribution in [2.45, 2.75) is 50.4 Å². The van der Waals surface area contributed by atoms with Crippen molar-refractivity contribution in [3.8, 4) is 0 Å². The van der Waals surface area contributed by atoms with E-state index in [1.165, 1.54) is 19.1 Å². The van der Waals surface area contributed by atoms with Crippen LogP contribution >= 0.6 is 0 Å². The molecule has 2 fully saturated rings. The summed E-state index contributed by atoms with van der Waals surface area (Å²) in [7, 11) is 0. The van der Waals surface area contributed by atoms with Crippen LogP contribution < -0.4 is 10.6 Å². The summed E-state index contributed by atoms with van der Waals surface area (Å²) >= 11 is 0. The third-order valence-corrected chi connectivity index (χ3v) is 5.06. The predicted octanol–water partition coefficient (Wildman–Crippen LogP) is 2.53. The number of nitrogens with one attached hydrogen (secondary N) is 2. The van der Waals surface area contributed by atoms with Crippen LogP contribution in [0.2, 0.25) is 0 Å². The van der Waals surface area contributed by atoms with Crippen molar-refractivity contribution in [2.75, 3.05) is 6.54 Å². The number of urea groups is 1. The minimum Gasteiger partial charge on any atom is -0.352 e. The van der Waals surface area contributed by atoms with Crippen LogP contribution in [0.4, 0.5) is 18.0 Å². The summed E-state index contributed by atoms with van der Waals surface area (Å²) in [4.78, 5) is 37.9. The number of benzene rings is 1. The molecule has 0 bridgehead atoms. The molecular weight excluding hydrogens is 363 g/mol. The summed E-state index contributed by atoms with van der Waals surface area (Å²) in [5, 5.41) is 5.20. The van der Waals surface area contributed by atoms with Crippen molar-refractivity contribution >= 4 is 17.8 Å². The van der Waals surface area contributed by atoms with Crippen molar-refractivity contribution in [3.63, 3.8) is 0 Å². The molecule has 2 aliphatic rings. The Kier molecular flexibility index (Phi) is 4.88. The van der Waals surface area contributed by atoms with Crippen LogP contribution in [0.25, 0.3) is 0 Å². The van der Waals surface area contributed by atoms with E-state index in [-0.39, 0.29) is 11.6 Å². The Morgan fingerprint density at radius 3 is 2.59 bits per heavy atom. The third-order valence-electron chi connectivity index (χ3n) is 5.06. The summed E-state index contributed by atoms with van der Waals surface area (Å²) in [5.41, 5.74) is -2.57. The van der Waals surface area contributed by atoms with Crippen LogP contribution in [0.5, 0.6) is 0 Å². The summed E-state index contributed by atoms with van der Waals surface area (Å²) in [6.07, 6.45) is -0.829. The molecule has 1 aromatic carbocycles. The molecule has 1 heterocycles. The highest BCUT2D eigenvalue weighted by Crippen LogP contribution is 2.34. The minimum absolute atomic E-state index is 0.00868. The number of alkyl halides is 3. The smallest absolute Gasteiger partial charge is 0.352 e. The largest absolute Gasteiger partial charge is 0.416 e. The Balaban J connectivity index is 1.77. The molecular formula is C18H20F3N3O3. The first-order valence-corrected chi connectivity index (χ1v) is 8.72. The highest BCUT2D eigenvalue weighted by molar-refractivity contribution is 6.09. The standard InChI is InChI=1S/C18H20F3N3O3/c1-17(11-5-4-6-12(9-11)18(19,20)21)15(26)24(16(27)23-17)10-14(25)22-13-7-2-3-8-13/h4-6,9,13H,2-3,7-8,10H2,1H3,(H,22,25)(H,23,27). The molecule has 27 heavy (non-hydrogen) atoms. The SMILES string of the molecule is CC1(c2cccc(C(F)(F)F)c2)NC(=O)N(CC(=O)NC2CCCC2)C1=O. The van der Waals surface area contributed by atoms with E-state index < -0.39 is 41.7 Å². The average Bonchev–Trinajstić information content (AvgIpc) is 3.17. The van der Waals surface area contributed by atoms with Gasteiger partial charge >= 0.3 is 12.2 Å². The molecule has 4 amide bonds. The van der Waals surface area contributed by atoms with Gasteiger partial charge in [-0.05, 0) is 37.5 Å². The van der Waals surface area contributed by atoms with Gasteiger partial charge in [0, 0.05) is 6.04 Å². The molecule has 3 rings (SSSR count). The lowest BCUT2D eigenvalue weighted by molar-refractivity contribution is -0.138. The lowest BCUT2D eigenvalue weighted by atomic mass is 9.90. The molecule has 1 saturated carbocycles. The molecule has 1 saturated heterocycles. The highest BCUT2D eigenvalue weighted by atomic mass is 19.4. The minimum atomic E-state index is -4.57. The second-order valence-corrected chi connectivity index (χ2v) is 7.07. The van der Waals surface area contributed by atoms with E-state index in [0.717, 1.165) is 42.7 Å². The number of rotatable bonds is 4. The highest BCUT2D eigenvalue weighted by Gasteiger charge is 2.50. The zero-order chi connectivity index (χ0) is 19.8. The molecule has 146 valence electrons. The number of carbonyl (C=O) groups is 3. The molecule has 2 N–H and O–H groups in total. The molecule has 0 spiro atoms. The maximum atomic E-state index is 13.0. The van der Waals surface area contributed by atoms with Gasteiger partial charge in [0.05, 0.1) is 5.56 Å². The number of amides is 4. The van der Waals surface area contributed by atoms with E-state index in [0.29, 0.717) is 0 Å². The van der Waals surface area contributed by atoms with Gasteiger partial charge in [-0.1, -0.05) is 25.0 Å². The number of carbonyl (C=O) groups excluding carboxylic acids is 3. The number of halogens is 3. The fourth-order valence-corrected chi connectivity index (χ4v) is 3.53. The fourth-order valence-electron chi connectivity index (χ4n) is 3.53. The second-order valence-electron chi connectivity index (χ2n) is 7.07. The van der Waals surface area contributed by atoms with E-state index >= 15 is 0 Å². The molecule has 1 aliphatic heterocycles. The number of hydrogen-bond donors (Lipinski definition) is 2. The maximum absolute atomic E-state index is 13.0. The van der Waals surface area contributed by atoms with Crippen LogP contribution in [0.15, 0.2) is 24.3 Å². The Labute approximate surface area is 154 Å². The summed E-state index contributed by atoms with van der Waals surface area (Å²) in [6, 6.07) is 3.48. The van der Waals surface area contributed by atoms with Crippen LogP contribution in [0.3, 0.4) is 0 Å². The van der Waals surface area contributed by atoms with Crippen molar-refractivity contribution < 1.29 is 27.6 Å². The Hall–Kier alpha value is -2.58. The monoisotopic (exact) mass is 383 g/mol. The first-order chi connectivity index (χ1) is 12.6. The van der Waals surface area contributed by atoms with Crippen LogP contribution in [-0.4, -0.2) is 35.3 Å². The Morgan fingerprint density at radius 2 is 1.96 bits per heavy atom. The third kappa shape index (κ3) is 3.77. The van der Waals surface area contributed by atoms with Crippen molar-refractivity contribution in [2.24, 2.45) is 0 Å². The molecule has 1 atom stereocenters. The summed E-state index contributed by atoms with van der Waals surface area (Å²) < 4.78 is 38.9. The molecule has 9 heteroatoms. The lowest BCUT2D eigenvalue weighted by Crippen LogP contribution is -2.45. The van der Waals surface area contributed by atoms with Crippen molar-refractivity contribution in [1.82, 2.24) is 15.5 Å². The fraction of sp³-hybridized carbons (Fsp3) is 0.500. The van der Waals surface area contributed by atoms with E-state index in [9.17, 15) is 27.6 Å². The van der Waals surface area contributed by atoms with Gasteiger partial charge in [0.1, 0.15) is 12.1 Å². The zero-order valence-corrected chi connectivity index (χ0v) is 14.7. The molecule has 0 radical (unpaired) electrons. The topological polar surface area (TPSA) is 78.5 Å².